The van der Waals surface area contributed by atoms with Crippen LogP contribution in [0, 0.1) is 0 Å². The van der Waals surface area contributed by atoms with Crippen molar-refractivity contribution in [3.8, 4) is 0 Å². The molecule has 0 amide bonds. The molecule has 0 aromatic heterocycles. The Morgan fingerprint density at radius 2 is 1.86 bits per heavy atom. The van der Waals surface area contributed by atoms with Gasteiger partial charge in [-0.2, -0.15) is 0 Å². The van der Waals surface area contributed by atoms with Crippen LogP contribution in [0.1, 0.15) is 31.2 Å². The van der Waals surface area contributed by atoms with Crippen LogP contribution in [0.15, 0.2) is 34.2 Å². The lowest BCUT2D eigenvalue weighted by atomic mass is 10.2. The number of primary sulfonamides is 1. The third kappa shape index (κ3) is 4.69. The van der Waals surface area contributed by atoms with Crippen molar-refractivity contribution in [2.75, 3.05) is 0 Å². The van der Waals surface area contributed by atoms with Crippen LogP contribution in [0.3, 0.4) is 0 Å². The van der Waals surface area contributed by atoms with Gasteiger partial charge in [0.1, 0.15) is 0 Å². The van der Waals surface area contributed by atoms with Crippen LogP contribution in [-0.2, 0) is 16.6 Å². The first-order valence-electron chi connectivity index (χ1n) is 6.88. The molecule has 116 valence electrons. The lowest BCUT2D eigenvalue weighted by Crippen LogP contribution is -2.45. The van der Waals surface area contributed by atoms with E-state index >= 15 is 0 Å². The summed E-state index contributed by atoms with van der Waals surface area (Å²) >= 11 is 0. The molecule has 1 aromatic carbocycles. The van der Waals surface area contributed by atoms with Gasteiger partial charge >= 0.3 is 0 Å². The molecule has 0 aliphatic heterocycles. The zero-order chi connectivity index (χ0) is 15.3. The minimum atomic E-state index is -3.65. The third-order valence-electron chi connectivity index (χ3n) is 3.50. The molecule has 8 heteroatoms. The van der Waals surface area contributed by atoms with Gasteiger partial charge in [0.15, 0.2) is 0 Å². The lowest BCUT2D eigenvalue weighted by molar-refractivity contribution is 0.597. The Bertz CT molecular complexity index is 591. The molecule has 0 radical (unpaired) electrons. The van der Waals surface area contributed by atoms with Gasteiger partial charge in [0.05, 0.1) is 11.4 Å². The summed E-state index contributed by atoms with van der Waals surface area (Å²) in [4.78, 5) is 4.45. The minimum absolute atomic E-state index is 0.0940. The summed E-state index contributed by atoms with van der Waals surface area (Å²) in [7, 11) is -3.65. The first kappa shape index (κ1) is 15.7. The lowest BCUT2D eigenvalue weighted by Gasteiger charge is -2.15. The van der Waals surface area contributed by atoms with E-state index in [2.05, 4.69) is 15.7 Å². The summed E-state index contributed by atoms with van der Waals surface area (Å²) < 4.78 is 22.3. The van der Waals surface area contributed by atoms with E-state index in [9.17, 15) is 8.42 Å². The average Bonchev–Trinajstić information content (AvgIpc) is 2.96. The number of rotatable bonds is 4. The minimum Gasteiger partial charge on any atom is -0.353 e. The number of nitrogens with two attached hydrogens (primary N) is 2. The maximum absolute atomic E-state index is 11.2. The van der Waals surface area contributed by atoms with Crippen LogP contribution >= 0.6 is 0 Å². The Balaban J connectivity index is 1.97. The molecule has 0 atom stereocenters. The second-order valence-corrected chi connectivity index (χ2v) is 6.69. The summed E-state index contributed by atoms with van der Waals surface area (Å²) in [6, 6.07) is 6.74. The molecule has 0 heterocycles. The summed E-state index contributed by atoms with van der Waals surface area (Å²) in [6.45, 7) is 0.407. The quantitative estimate of drug-likeness (QED) is 0.273. The molecule has 6 N–H and O–H groups in total. The van der Waals surface area contributed by atoms with Gasteiger partial charge in [-0.3, -0.25) is 5.43 Å². The van der Waals surface area contributed by atoms with Gasteiger partial charge in [0.2, 0.25) is 16.0 Å². The van der Waals surface area contributed by atoms with Crippen LogP contribution in [-0.4, -0.2) is 20.4 Å². The molecular weight excluding hydrogens is 290 g/mol. The van der Waals surface area contributed by atoms with Crippen molar-refractivity contribution in [3.05, 3.63) is 29.8 Å². The van der Waals surface area contributed by atoms with Crippen molar-refractivity contribution >= 4 is 16.0 Å². The molecule has 2 rings (SSSR count). The maximum atomic E-state index is 11.2. The molecule has 1 aliphatic rings. The predicted molar refractivity (Wildman–Crippen MR) is 81.7 cm³/mol. The van der Waals surface area contributed by atoms with Gasteiger partial charge in [-0.25, -0.2) is 24.4 Å². The molecule has 7 nitrogen and oxygen atoms in total. The Morgan fingerprint density at radius 1 is 1.24 bits per heavy atom. The number of sulfonamides is 1. The van der Waals surface area contributed by atoms with Gasteiger partial charge in [-0.15, -0.1) is 0 Å². The van der Waals surface area contributed by atoms with Crippen LogP contribution in [0.4, 0.5) is 0 Å². The molecule has 1 fully saturated rings. The van der Waals surface area contributed by atoms with Crippen molar-refractivity contribution in [3.63, 3.8) is 0 Å². The molecular formula is C13H21N5O2S. The van der Waals surface area contributed by atoms with E-state index < -0.39 is 10.0 Å². The molecule has 1 saturated carbocycles. The van der Waals surface area contributed by atoms with E-state index in [-0.39, 0.29) is 4.90 Å². The molecule has 0 unspecified atom stereocenters. The van der Waals surface area contributed by atoms with Gasteiger partial charge in [-0.05, 0) is 30.5 Å². The van der Waals surface area contributed by atoms with E-state index in [1.54, 1.807) is 12.1 Å². The third-order valence-corrected chi connectivity index (χ3v) is 4.43. The number of aliphatic imine (C=N–C) groups is 1. The second kappa shape index (κ2) is 6.88. The van der Waals surface area contributed by atoms with Crippen molar-refractivity contribution in [1.29, 1.82) is 0 Å². The van der Waals surface area contributed by atoms with Crippen molar-refractivity contribution in [1.82, 2.24) is 10.7 Å². The van der Waals surface area contributed by atoms with Crippen LogP contribution in [0.5, 0.6) is 0 Å². The maximum Gasteiger partial charge on any atom is 0.238 e. The molecule has 21 heavy (non-hydrogen) atoms. The van der Waals surface area contributed by atoms with Crippen molar-refractivity contribution in [2.45, 2.75) is 43.2 Å². The van der Waals surface area contributed by atoms with Crippen LogP contribution in [0.25, 0.3) is 0 Å². The average molecular weight is 311 g/mol. The monoisotopic (exact) mass is 311 g/mol. The van der Waals surface area contributed by atoms with E-state index in [0.29, 0.717) is 18.5 Å². The number of guanidine groups is 1. The zero-order valence-corrected chi connectivity index (χ0v) is 12.6. The summed E-state index contributed by atoms with van der Waals surface area (Å²) in [6.07, 6.45) is 4.71. The van der Waals surface area contributed by atoms with Gasteiger partial charge in [0, 0.05) is 6.04 Å². The number of hydrogen-bond donors (Lipinski definition) is 4. The van der Waals surface area contributed by atoms with Gasteiger partial charge in [0.25, 0.3) is 0 Å². The zero-order valence-electron chi connectivity index (χ0n) is 11.7. The first-order chi connectivity index (χ1) is 9.99. The first-order valence-corrected chi connectivity index (χ1v) is 8.43. The Hall–Kier alpha value is -1.64. The Kier molecular flexibility index (Phi) is 5.16. The number of nitrogens with zero attached hydrogens (tertiary/aromatic N) is 1. The SMILES string of the molecule is NNC(=NCc1ccc(S(N)(=O)=O)cc1)NC1CCCC1. The summed E-state index contributed by atoms with van der Waals surface area (Å²) in [5.74, 6) is 6.01. The molecule has 0 saturated heterocycles. The highest BCUT2D eigenvalue weighted by Gasteiger charge is 2.15. The van der Waals surface area contributed by atoms with E-state index in [1.165, 1.54) is 25.0 Å². The normalized spacial score (nSPS) is 17.0. The number of hydrogen-bond acceptors (Lipinski definition) is 4. The summed E-state index contributed by atoms with van der Waals surface area (Å²) in [5.41, 5.74) is 3.44. The van der Waals surface area contributed by atoms with Gasteiger partial charge in [-0.1, -0.05) is 25.0 Å². The highest BCUT2D eigenvalue weighted by Crippen LogP contribution is 2.17. The largest absolute Gasteiger partial charge is 0.353 e. The fraction of sp³-hybridized carbons (Fsp3) is 0.462. The predicted octanol–water partition coefficient (Wildman–Crippen LogP) is 0.185. The Morgan fingerprint density at radius 3 is 2.38 bits per heavy atom. The topological polar surface area (TPSA) is 123 Å². The number of benzene rings is 1. The van der Waals surface area contributed by atoms with E-state index in [0.717, 1.165) is 18.4 Å². The van der Waals surface area contributed by atoms with Crippen LogP contribution < -0.4 is 21.7 Å². The van der Waals surface area contributed by atoms with Crippen molar-refractivity contribution in [2.24, 2.45) is 16.0 Å². The summed E-state index contributed by atoms with van der Waals surface area (Å²) in [5, 5.41) is 8.32. The van der Waals surface area contributed by atoms with Crippen LogP contribution in [0.2, 0.25) is 0 Å². The standard InChI is InChI=1S/C13H21N5O2S/c14-18-13(17-11-3-1-2-4-11)16-9-10-5-7-12(8-6-10)21(15,19)20/h5-8,11H,1-4,9,14H2,(H2,15,19,20)(H2,16,17,18). The molecule has 1 aliphatic carbocycles. The number of hydrazine groups is 1. The molecule has 1 aromatic rings. The second-order valence-electron chi connectivity index (χ2n) is 5.12. The van der Waals surface area contributed by atoms with Crippen molar-refractivity contribution < 1.29 is 8.42 Å². The fourth-order valence-electron chi connectivity index (χ4n) is 2.35. The smallest absolute Gasteiger partial charge is 0.238 e. The number of nitrogens with one attached hydrogen (secondary N) is 2. The van der Waals surface area contributed by atoms with E-state index in [4.69, 9.17) is 11.0 Å². The highest BCUT2D eigenvalue weighted by molar-refractivity contribution is 7.89. The van der Waals surface area contributed by atoms with Gasteiger partial charge < -0.3 is 5.32 Å². The Labute approximate surface area is 124 Å². The highest BCUT2D eigenvalue weighted by atomic mass is 32.2. The van der Waals surface area contributed by atoms with E-state index in [1.807, 2.05) is 0 Å². The molecule has 0 bridgehead atoms. The molecule has 0 spiro atoms. The fourth-order valence-corrected chi connectivity index (χ4v) is 2.87.